The van der Waals surface area contributed by atoms with Gasteiger partial charge in [0.05, 0.1) is 21.4 Å². The van der Waals surface area contributed by atoms with Gasteiger partial charge in [-0.2, -0.15) is 0 Å². The second kappa shape index (κ2) is 8.19. The molecule has 0 unspecified atom stereocenters. The third kappa shape index (κ3) is 4.63. The van der Waals surface area contributed by atoms with E-state index in [1.807, 2.05) is 13.0 Å². The summed E-state index contributed by atoms with van der Waals surface area (Å²) in [5.74, 6) is -0.258. The highest BCUT2D eigenvalue weighted by molar-refractivity contribution is 7.99. The molecular formula is C17H13ClN4O4S. The minimum atomic E-state index is -0.523. The number of aryl methyl sites for hydroxylation is 1. The summed E-state index contributed by atoms with van der Waals surface area (Å²) < 4.78 is 5.43. The van der Waals surface area contributed by atoms with E-state index in [4.69, 9.17) is 16.0 Å². The van der Waals surface area contributed by atoms with Crippen LogP contribution in [-0.2, 0) is 4.79 Å². The van der Waals surface area contributed by atoms with E-state index in [0.717, 1.165) is 17.3 Å². The summed E-state index contributed by atoms with van der Waals surface area (Å²) in [5.41, 5.74) is 1.59. The molecule has 0 saturated carbocycles. The molecule has 0 saturated heterocycles. The first-order chi connectivity index (χ1) is 12.9. The normalized spacial score (nSPS) is 10.6. The summed E-state index contributed by atoms with van der Waals surface area (Å²) in [4.78, 5) is 22.6. The van der Waals surface area contributed by atoms with Crippen molar-refractivity contribution in [3.8, 4) is 11.5 Å². The average Bonchev–Trinajstić information content (AvgIpc) is 3.11. The number of hydrogen-bond donors (Lipinski definition) is 1. The van der Waals surface area contributed by atoms with Crippen molar-refractivity contribution < 1.29 is 14.1 Å². The molecule has 1 heterocycles. The minimum absolute atomic E-state index is 0.0166. The number of hydrogen-bond acceptors (Lipinski definition) is 7. The van der Waals surface area contributed by atoms with Gasteiger partial charge in [-0.3, -0.25) is 14.9 Å². The Morgan fingerprint density at radius 3 is 2.81 bits per heavy atom. The molecule has 0 bridgehead atoms. The summed E-state index contributed by atoms with van der Waals surface area (Å²) in [5, 5.41) is 22.0. The number of nitro groups is 1. The van der Waals surface area contributed by atoms with Gasteiger partial charge in [-0.05, 0) is 30.7 Å². The second-order valence-corrected chi connectivity index (χ2v) is 6.80. The molecule has 3 aromatic rings. The Kier molecular flexibility index (Phi) is 5.72. The number of rotatable bonds is 6. The molecule has 138 valence electrons. The van der Waals surface area contributed by atoms with Gasteiger partial charge >= 0.3 is 0 Å². The second-order valence-electron chi connectivity index (χ2n) is 5.47. The number of benzene rings is 2. The van der Waals surface area contributed by atoms with E-state index in [0.29, 0.717) is 10.7 Å². The number of anilines is 1. The Labute approximate surface area is 163 Å². The molecule has 1 aromatic heterocycles. The maximum absolute atomic E-state index is 12.1. The van der Waals surface area contributed by atoms with Crippen LogP contribution >= 0.6 is 23.4 Å². The lowest BCUT2D eigenvalue weighted by Gasteiger charge is -2.06. The van der Waals surface area contributed by atoms with Crippen molar-refractivity contribution in [3.63, 3.8) is 0 Å². The quantitative estimate of drug-likeness (QED) is 0.369. The highest BCUT2D eigenvalue weighted by Gasteiger charge is 2.20. The molecule has 0 aliphatic heterocycles. The Bertz CT molecular complexity index is 1010. The van der Waals surface area contributed by atoms with Crippen molar-refractivity contribution in [1.29, 1.82) is 0 Å². The Hall–Kier alpha value is -2.91. The molecule has 0 fully saturated rings. The van der Waals surface area contributed by atoms with Gasteiger partial charge in [0.15, 0.2) is 0 Å². The van der Waals surface area contributed by atoms with Gasteiger partial charge in [0.2, 0.25) is 5.91 Å². The van der Waals surface area contributed by atoms with Gasteiger partial charge in [0, 0.05) is 6.07 Å². The summed E-state index contributed by atoms with van der Waals surface area (Å²) in [6.45, 7) is 1.90. The van der Waals surface area contributed by atoms with Crippen molar-refractivity contribution >= 4 is 40.6 Å². The van der Waals surface area contributed by atoms with Crippen molar-refractivity contribution in [2.75, 3.05) is 11.1 Å². The number of aromatic nitrogens is 2. The molecule has 0 spiro atoms. The number of halogens is 1. The summed E-state index contributed by atoms with van der Waals surface area (Å²) in [6, 6.07) is 11.4. The maximum Gasteiger partial charge on any atom is 0.282 e. The number of thioether (sulfide) groups is 1. The van der Waals surface area contributed by atoms with Crippen LogP contribution in [-0.4, -0.2) is 26.8 Å². The lowest BCUT2D eigenvalue weighted by molar-refractivity contribution is -0.384. The highest BCUT2D eigenvalue weighted by atomic mass is 35.5. The molecular weight excluding hydrogens is 392 g/mol. The van der Waals surface area contributed by atoms with Crippen molar-refractivity contribution in [3.05, 3.63) is 63.2 Å². The first kappa shape index (κ1) is 18.9. The predicted molar refractivity (Wildman–Crippen MR) is 102 cm³/mol. The number of nitrogens with zero attached hydrogens (tertiary/aromatic N) is 3. The molecule has 27 heavy (non-hydrogen) atoms. The number of para-hydroxylation sites is 1. The topological polar surface area (TPSA) is 111 Å². The van der Waals surface area contributed by atoms with Gasteiger partial charge in [-0.15, -0.1) is 10.2 Å². The summed E-state index contributed by atoms with van der Waals surface area (Å²) in [7, 11) is 0. The number of nitro benzene ring substituents is 1. The number of carbonyl (C=O) groups excluding carboxylic acids is 1. The van der Waals surface area contributed by atoms with E-state index in [2.05, 4.69) is 15.5 Å². The Balaban J connectivity index is 1.65. The summed E-state index contributed by atoms with van der Waals surface area (Å²) >= 11 is 7.11. The third-order valence-electron chi connectivity index (χ3n) is 3.46. The molecule has 0 aliphatic rings. The number of amides is 1. The van der Waals surface area contributed by atoms with E-state index in [9.17, 15) is 14.9 Å². The van der Waals surface area contributed by atoms with E-state index >= 15 is 0 Å². The predicted octanol–water partition coefficient (Wildman–Crippen LogP) is 4.34. The number of nitrogens with one attached hydrogen (secondary N) is 1. The van der Waals surface area contributed by atoms with Crippen LogP contribution in [0.5, 0.6) is 0 Å². The third-order valence-corrected chi connectivity index (χ3v) is 4.59. The molecule has 1 amide bonds. The molecule has 2 aromatic carbocycles. The van der Waals surface area contributed by atoms with Crippen LogP contribution in [0.3, 0.4) is 0 Å². The smallest absolute Gasteiger partial charge is 0.282 e. The van der Waals surface area contributed by atoms with E-state index in [1.165, 1.54) is 12.1 Å². The SMILES string of the molecule is Cc1ccc(NC(=O)CSc2nnc(-c3ccccc3[N+](=O)[O-])o2)c(Cl)c1. The molecule has 0 atom stereocenters. The van der Waals surface area contributed by atoms with Crippen LogP contribution in [0.2, 0.25) is 5.02 Å². The van der Waals surface area contributed by atoms with Crippen LogP contribution in [0.25, 0.3) is 11.5 Å². The van der Waals surface area contributed by atoms with Crippen LogP contribution in [0.15, 0.2) is 52.1 Å². The van der Waals surface area contributed by atoms with E-state index in [1.54, 1.807) is 24.3 Å². The van der Waals surface area contributed by atoms with Gasteiger partial charge in [-0.1, -0.05) is 41.6 Å². The van der Waals surface area contributed by atoms with Gasteiger partial charge in [-0.25, -0.2) is 0 Å². The van der Waals surface area contributed by atoms with E-state index in [-0.39, 0.29) is 34.0 Å². The van der Waals surface area contributed by atoms with Crippen LogP contribution in [0.1, 0.15) is 5.56 Å². The molecule has 8 nitrogen and oxygen atoms in total. The zero-order valence-corrected chi connectivity index (χ0v) is 15.6. The largest absolute Gasteiger partial charge is 0.411 e. The standard InChI is InChI=1S/C17H13ClN4O4S/c1-10-6-7-13(12(18)8-10)19-15(23)9-27-17-21-20-16(26-17)11-4-2-3-5-14(11)22(24)25/h2-8H,9H2,1H3,(H,19,23). The zero-order chi connectivity index (χ0) is 19.4. The Morgan fingerprint density at radius 2 is 2.07 bits per heavy atom. The fourth-order valence-electron chi connectivity index (χ4n) is 2.23. The maximum atomic E-state index is 12.1. The van der Waals surface area contributed by atoms with Gasteiger partial charge in [0.25, 0.3) is 16.8 Å². The number of carbonyl (C=O) groups is 1. The molecule has 1 N–H and O–H groups in total. The molecule has 10 heteroatoms. The molecule has 3 rings (SSSR count). The Morgan fingerprint density at radius 1 is 1.30 bits per heavy atom. The highest BCUT2D eigenvalue weighted by Crippen LogP contribution is 2.30. The van der Waals surface area contributed by atoms with Crippen molar-refractivity contribution in [1.82, 2.24) is 10.2 Å². The molecule has 0 aliphatic carbocycles. The van der Waals surface area contributed by atoms with Crippen molar-refractivity contribution in [2.24, 2.45) is 0 Å². The minimum Gasteiger partial charge on any atom is -0.411 e. The van der Waals surface area contributed by atoms with Crippen LogP contribution in [0, 0.1) is 17.0 Å². The van der Waals surface area contributed by atoms with Gasteiger partial charge < -0.3 is 9.73 Å². The van der Waals surface area contributed by atoms with Crippen LogP contribution < -0.4 is 5.32 Å². The van der Waals surface area contributed by atoms with Crippen LogP contribution in [0.4, 0.5) is 11.4 Å². The molecule has 0 radical (unpaired) electrons. The van der Waals surface area contributed by atoms with Crippen molar-refractivity contribution in [2.45, 2.75) is 12.1 Å². The fourth-order valence-corrected chi connectivity index (χ4v) is 3.07. The zero-order valence-electron chi connectivity index (χ0n) is 14.0. The van der Waals surface area contributed by atoms with E-state index < -0.39 is 4.92 Å². The fraction of sp³-hybridized carbons (Fsp3) is 0.118. The first-order valence-corrected chi connectivity index (χ1v) is 9.06. The van der Waals surface area contributed by atoms with Gasteiger partial charge in [0.1, 0.15) is 5.56 Å². The first-order valence-electron chi connectivity index (χ1n) is 7.70. The lowest BCUT2D eigenvalue weighted by Crippen LogP contribution is -2.14. The lowest BCUT2D eigenvalue weighted by atomic mass is 10.2. The monoisotopic (exact) mass is 404 g/mol. The summed E-state index contributed by atoms with van der Waals surface area (Å²) in [6.07, 6.45) is 0. The average molecular weight is 405 g/mol.